The standard InChI is InChI=1S/C24H17ClFN9O6/c25-16-8-4-7-15(11-16)21(36)39-12-24(30-31-27)19(26)18(40-22(37)14-5-2-1-3-6-14)20(41-24)34-10-9-17(29-23(34)38)35-13-28-32-33-35/h1-11,13,18-20H,12H2/t18-,19+,20-,24-/m1/s1. The number of aromatic nitrogens is 6. The quantitative estimate of drug-likeness (QED) is 0.129. The Bertz CT molecular complexity index is 1680. The number of benzene rings is 2. The van der Waals surface area contributed by atoms with Crippen molar-refractivity contribution in [2.75, 3.05) is 6.61 Å². The number of carbonyl (C=O) groups is 2. The van der Waals surface area contributed by atoms with E-state index in [0.717, 1.165) is 9.25 Å². The third-order valence-corrected chi connectivity index (χ3v) is 6.17. The Morgan fingerprint density at radius 2 is 1.93 bits per heavy atom. The molecular formula is C24H17ClFN9O6. The smallest absolute Gasteiger partial charge is 0.351 e. The first-order valence-corrected chi connectivity index (χ1v) is 12.1. The molecule has 0 saturated carbocycles. The molecule has 0 spiro atoms. The van der Waals surface area contributed by atoms with Gasteiger partial charge < -0.3 is 14.2 Å². The topological polar surface area (TPSA) is 189 Å². The van der Waals surface area contributed by atoms with Gasteiger partial charge >= 0.3 is 17.6 Å². The molecule has 0 aliphatic carbocycles. The lowest BCUT2D eigenvalue weighted by molar-refractivity contribution is -0.119. The highest BCUT2D eigenvalue weighted by Crippen LogP contribution is 2.42. The van der Waals surface area contributed by atoms with E-state index in [4.69, 9.17) is 25.8 Å². The van der Waals surface area contributed by atoms with Crippen molar-refractivity contribution in [2.45, 2.75) is 24.2 Å². The van der Waals surface area contributed by atoms with E-state index in [1.807, 2.05) is 0 Å². The monoisotopic (exact) mass is 581 g/mol. The summed E-state index contributed by atoms with van der Waals surface area (Å²) in [5.41, 5.74) is 5.87. The van der Waals surface area contributed by atoms with Crippen LogP contribution in [0.3, 0.4) is 0 Å². The molecule has 1 saturated heterocycles. The maximum Gasteiger partial charge on any atom is 0.351 e. The van der Waals surface area contributed by atoms with Crippen LogP contribution in [0, 0.1) is 0 Å². The Morgan fingerprint density at radius 1 is 1.15 bits per heavy atom. The lowest BCUT2D eigenvalue weighted by atomic mass is 10.1. The first kappa shape index (κ1) is 27.4. The van der Waals surface area contributed by atoms with E-state index in [2.05, 4.69) is 30.5 Å². The minimum Gasteiger partial charge on any atom is -0.459 e. The molecule has 15 nitrogen and oxygen atoms in total. The van der Waals surface area contributed by atoms with Gasteiger partial charge in [0, 0.05) is 16.1 Å². The number of azide groups is 1. The number of nitrogens with zero attached hydrogens (tertiary/aromatic N) is 9. The normalized spacial score (nSPS) is 21.6. The van der Waals surface area contributed by atoms with Gasteiger partial charge in [-0.2, -0.15) is 9.67 Å². The second kappa shape index (κ2) is 11.5. The lowest BCUT2D eigenvalue weighted by Crippen LogP contribution is -2.44. The summed E-state index contributed by atoms with van der Waals surface area (Å²) < 4.78 is 34.6. The van der Waals surface area contributed by atoms with Crippen LogP contribution in [0.2, 0.25) is 5.02 Å². The van der Waals surface area contributed by atoms with Crippen molar-refractivity contribution in [2.24, 2.45) is 5.11 Å². The number of alkyl halides is 1. The summed E-state index contributed by atoms with van der Waals surface area (Å²) in [6, 6.07) is 14.7. The van der Waals surface area contributed by atoms with E-state index in [1.165, 1.54) is 55.0 Å². The van der Waals surface area contributed by atoms with Gasteiger partial charge in [-0.15, -0.1) is 5.10 Å². The number of hydrogen-bond donors (Lipinski definition) is 0. The Kier molecular flexibility index (Phi) is 7.69. The highest BCUT2D eigenvalue weighted by molar-refractivity contribution is 6.30. The lowest BCUT2D eigenvalue weighted by Gasteiger charge is -2.25. The van der Waals surface area contributed by atoms with Gasteiger partial charge in [0.15, 0.2) is 24.3 Å². The van der Waals surface area contributed by atoms with Gasteiger partial charge in [0.25, 0.3) is 0 Å². The molecule has 4 aromatic rings. The van der Waals surface area contributed by atoms with E-state index in [1.54, 1.807) is 18.2 Å². The second-order valence-corrected chi connectivity index (χ2v) is 8.93. The van der Waals surface area contributed by atoms with Crippen LogP contribution < -0.4 is 5.69 Å². The zero-order valence-electron chi connectivity index (χ0n) is 20.6. The molecule has 1 aliphatic rings. The third kappa shape index (κ3) is 5.60. The summed E-state index contributed by atoms with van der Waals surface area (Å²) in [6.07, 6.45) is -3.58. The predicted octanol–water partition coefficient (Wildman–Crippen LogP) is 2.83. The SMILES string of the molecule is [N-]=[N+]=N[C@]1(COC(=O)c2cccc(Cl)c2)O[C@@H](n2ccc(-n3cnnn3)nc2=O)[C@H](OC(=O)c2ccccc2)[C@@H]1F. The van der Waals surface area contributed by atoms with Crippen LogP contribution in [0.1, 0.15) is 26.9 Å². The van der Waals surface area contributed by atoms with Crippen molar-refractivity contribution in [3.8, 4) is 5.82 Å². The van der Waals surface area contributed by atoms with Crippen LogP contribution in [0.4, 0.5) is 4.39 Å². The van der Waals surface area contributed by atoms with E-state index in [0.29, 0.717) is 0 Å². The van der Waals surface area contributed by atoms with Crippen LogP contribution >= 0.6 is 11.6 Å². The fourth-order valence-corrected chi connectivity index (χ4v) is 4.19. The van der Waals surface area contributed by atoms with Gasteiger partial charge in [-0.3, -0.25) is 4.57 Å². The molecular weight excluding hydrogens is 565 g/mol. The van der Waals surface area contributed by atoms with Gasteiger partial charge in [0.2, 0.25) is 5.72 Å². The molecule has 0 amide bonds. The summed E-state index contributed by atoms with van der Waals surface area (Å²) in [5.74, 6) is -1.85. The first-order chi connectivity index (χ1) is 19.8. The minimum absolute atomic E-state index is 0.0284. The number of ether oxygens (including phenoxy) is 3. The van der Waals surface area contributed by atoms with Crippen molar-refractivity contribution >= 4 is 23.5 Å². The van der Waals surface area contributed by atoms with E-state index >= 15 is 4.39 Å². The molecule has 3 heterocycles. The highest BCUT2D eigenvalue weighted by Gasteiger charge is 2.60. The molecule has 2 aromatic heterocycles. The molecule has 1 aliphatic heterocycles. The zero-order valence-corrected chi connectivity index (χ0v) is 21.4. The molecule has 41 heavy (non-hydrogen) atoms. The third-order valence-electron chi connectivity index (χ3n) is 5.94. The van der Waals surface area contributed by atoms with Crippen molar-refractivity contribution in [1.82, 2.24) is 29.8 Å². The Balaban J connectivity index is 1.50. The number of esters is 2. The molecule has 17 heteroatoms. The molecule has 208 valence electrons. The maximum atomic E-state index is 16.2. The van der Waals surface area contributed by atoms with Crippen LogP contribution in [-0.2, 0) is 14.2 Å². The second-order valence-electron chi connectivity index (χ2n) is 8.50. The van der Waals surface area contributed by atoms with Gasteiger partial charge in [-0.1, -0.05) is 41.0 Å². The highest BCUT2D eigenvalue weighted by atomic mass is 35.5. The zero-order chi connectivity index (χ0) is 29.0. The Morgan fingerprint density at radius 3 is 2.61 bits per heavy atom. The summed E-state index contributed by atoms with van der Waals surface area (Å²) in [7, 11) is 0. The van der Waals surface area contributed by atoms with Crippen molar-refractivity contribution < 1.29 is 28.2 Å². The largest absolute Gasteiger partial charge is 0.459 e. The average molecular weight is 582 g/mol. The van der Waals surface area contributed by atoms with Gasteiger partial charge in [0.05, 0.1) is 11.1 Å². The fraction of sp³-hybridized carbons (Fsp3) is 0.208. The number of rotatable bonds is 8. The number of tetrazole rings is 1. The van der Waals surface area contributed by atoms with Crippen LogP contribution in [0.15, 0.2) is 83.1 Å². The van der Waals surface area contributed by atoms with Gasteiger partial charge in [-0.05, 0) is 52.4 Å². The number of carbonyl (C=O) groups excluding carboxylic acids is 2. The van der Waals surface area contributed by atoms with Crippen LogP contribution in [-0.4, -0.2) is 66.3 Å². The van der Waals surface area contributed by atoms with Crippen LogP contribution in [0.5, 0.6) is 0 Å². The summed E-state index contributed by atoms with van der Waals surface area (Å²) in [5, 5.41) is 14.3. The maximum absolute atomic E-state index is 16.2. The van der Waals surface area contributed by atoms with E-state index in [-0.39, 0.29) is 22.0 Å². The van der Waals surface area contributed by atoms with Gasteiger partial charge in [0.1, 0.15) is 12.9 Å². The Hall–Kier alpha value is -5.18. The molecule has 0 N–H and O–H groups in total. The first-order valence-electron chi connectivity index (χ1n) is 11.7. The average Bonchev–Trinajstić information content (AvgIpc) is 3.61. The van der Waals surface area contributed by atoms with Crippen molar-refractivity contribution in [3.63, 3.8) is 0 Å². The molecule has 0 radical (unpaired) electrons. The van der Waals surface area contributed by atoms with Crippen molar-refractivity contribution in [3.05, 3.63) is 110 Å². The molecule has 1 fully saturated rings. The molecule has 5 rings (SSSR count). The Labute approximate surface area is 233 Å². The van der Waals surface area contributed by atoms with Crippen molar-refractivity contribution in [1.29, 1.82) is 0 Å². The van der Waals surface area contributed by atoms with Crippen LogP contribution in [0.25, 0.3) is 16.3 Å². The summed E-state index contributed by atoms with van der Waals surface area (Å²) in [6.45, 7) is -0.940. The molecule has 2 aromatic carbocycles. The summed E-state index contributed by atoms with van der Waals surface area (Å²) in [4.78, 5) is 45.1. The van der Waals surface area contributed by atoms with Gasteiger partial charge in [-0.25, -0.2) is 18.8 Å². The van der Waals surface area contributed by atoms with E-state index < -0.39 is 48.5 Å². The molecule has 0 bridgehead atoms. The minimum atomic E-state index is -2.54. The fourth-order valence-electron chi connectivity index (χ4n) is 4.00. The number of hydrogen-bond acceptors (Lipinski definition) is 11. The molecule has 0 unspecified atom stereocenters. The molecule has 4 atom stereocenters. The predicted molar refractivity (Wildman–Crippen MR) is 135 cm³/mol. The number of halogens is 2. The van der Waals surface area contributed by atoms with E-state index in [9.17, 15) is 19.9 Å². The summed E-state index contributed by atoms with van der Waals surface area (Å²) >= 11 is 5.92.